The van der Waals surface area contributed by atoms with Gasteiger partial charge >= 0.3 is 0 Å². The van der Waals surface area contributed by atoms with Crippen LogP contribution in [0.15, 0.2) is 42.5 Å². The Bertz CT molecular complexity index is 571. The highest BCUT2D eigenvalue weighted by molar-refractivity contribution is 5.41. The van der Waals surface area contributed by atoms with E-state index in [1.807, 2.05) is 36.4 Å². The molecule has 0 amide bonds. The molecule has 1 heterocycles. The third-order valence-electron chi connectivity index (χ3n) is 3.46. The first kappa shape index (κ1) is 14.3. The lowest BCUT2D eigenvalue weighted by Gasteiger charge is -2.25. The van der Waals surface area contributed by atoms with Crippen LogP contribution in [0.1, 0.15) is 24.2 Å². The number of ether oxygens (including phenoxy) is 1. The van der Waals surface area contributed by atoms with E-state index in [1.165, 1.54) is 5.56 Å². The molecule has 1 aromatic carbocycles. The molecule has 1 aromatic heterocycles. The third-order valence-corrected chi connectivity index (χ3v) is 3.46. The summed E-state index contributed by atoms with van der Waals surface area (Å²) in [5.41, 5.74) is 8.83. The molecule has 0 aliphatic rings. The molecule has 0 aliphatic carbocycles. The second kappa shape index (κ2) is 6.39. The fourth-order valence-corrected chi connectivity index (χ4v) is 2.13. The molecular weight excluding hydrogens is 250 g/mol. The molecule has 1 unspecified atom stereocenters. The van der Waals surface area contributed by atoms with Crippen LogP contribution in [-0.4, -0.2) is 24.0 Å². The molecule has 0 saturated carbocycles. The van der Waals surface area contributed by atoms with Gasteiger partial charge in [0.15, 0.2) is 0 Å². The van der Waals surface area contributed by atoms with Crippen molar-refractivity contribution in [3.63, 3.8) is 0 Å². The molecule has 0 spiro atoms. The van der Waals surface area contributed by atoms with E-state index in [4.69, 9.17) is 10.5 Å². The molecule has 4 nitrogen and oxygen atoms in total. The molecule has 0 radical (unpaired) electrons. The first-order chi connectivity index (χ1) is 9.60. The van der Waals surface area contributed by atoms with E-state index in [-0.39, 0.29) is 6.04 Å². The molecule has 2 rings (SSSR count). The summed E-state index contributed by atoms with van der Waals surface area (Å²) in [6.07, 6.45) is 0. The molecule has 0 bridgehead atoms. The maximum Gasteiger partial charge on any atom is 0.213 e. The van der Waals surface area contributed by atoms with Crippen LogP contribution in [0.5, 0.6) is 5.88 Å². The van der Waals surface area contributed by atoms with Gasteiger partial charge in [0.25, 0.3) is 0 Å². The highest BCUT2D eigenvalue weighted by atomic mass is 16.5. The fourth-order valence-electron chi connectivity index (χ4n) is 2.13. The van der Waals surface area contributed by atoms with E-state index in [0.29, 0.717) is 5.88 Å². The lowest BCUT2D eigenvalue weighted by molar-refractivity contribution is 0.249. The van der Waals surface area contributed by atoms with Crippen molar-refractivity contribution in [3.05, 3.63) is 53.7 Å². The summed E-state index contributed by atoms with van der Waals surface area (Å²) in [7, 11) is 3.71. The molecule has 1 atom stereocenters. The maximum absolute atomic E-state index is 5.84. The number of hydrogen-bond donors (Lipinski definition) is 1. The SMILES string of the molecule is COc1cccc(CN(C)C(C)c2cccc(N)c2)n1. The van der Waals surface area contributed by atoms with Gasteiger partial charge < -0.3 is 10.5 Å². The Kier molecular flexibility index (Phi) is 4.58. The largest absolute Gasteiger partial charge is 0.481 e. The lowest BCUT2D eigenvalue weighted by atomic mass is 10.1. The normalized spacial score (nSPS) is 12.4. The second-order valence-electron chi connectivity index (χ2n) is 4.93. The summed E-state index contributed by atoms with van der Waals surface area (Å²) in [4.78, 5) is 6.67. The van der Waals surface area contributed by atoms with Crippen molar-refractivity contribution in [2.75, 3.05) is 19.9 Å². The highest BCUT2D eigenvalue weighted by Crippen LogP contribution is 2.22. The molecule has 0 saturated heterocycles. The highest BCUT2D eigenvalue weighted by Gasteiger charge is 2.13. The Morgan fingerprint density at radius 3 is 2.70 bits per heavy atom. The van der Waals surface area contributed by atoms with Crippen molar-refractivity contribution in [1.29, 1.82) is 0 Å². The van der Waals surface area contributed by atoms with Gasteiger partial charge in [0, 0.05) is 24.3 Å². The van der Waals surface area contributed by atoms with E-state index in [1.54, 1.807) is 7.11 Å². The van der Waals surface area contributed by atoms with Gasteiger partial charge in [0.2, 0.25) is 5.88 Å². The molecule has 20 heavy (non-hydrogen) atoms. The lowest BCUT2D eigenvalue weighted by Crippen LogP contribution is -2.22. The van der Waals surface area contributed by atoms with Crippen molar-refractivity contribution < 1.29 is 4.74 Å². The van der Waals surface area contributed by atoms with Gasteiger partial charge in [-0.2, -0.15) is 0 Å². The van der Waals surface area contributed by atoms with Crippen molar-refractivity contribution in [2.45, 2.75) is 19.5 Å². The predicted molar refractivity (Wildman–Crippen MR) is 81.5 cm³/mol. The summed E-state index contributed by atoms with van der Waals surface area (Å²) in [5.74, 6) is 0.646. The van der Waals surface area contributed by atoms with Crippen molar-refractivity contribution in [3.8, 4) is 5.88 Å². The van der Waals surface area contributed by atoms with Crippen LogP contribution in [-0.2, 0) is 6.54 Å². The van der Waals surface area contributed by atoms with Crippen LogP contribution in [0, 0.1) is 0 Å². The number of nitrogens with two attached hydrogens (primary N) is 1. The number of rotatable bonds is 5. The Morgan fingerprint density at radius 1 is 1.25 bits per heavy atom. The van der Waals surface area contributed by atoms with Gasteiger partial charge in [-0.15, -0.1) is 0 Å². The van der Waals surface area contributed by atoms with Crippen molar-refractivity contribution >= 4 is 5.69 Å². The van der Waals surface area contributed by atoms with Crippen LogP contribution in [0.3, 0.4) is 0 Å². The number of anilines is 1. The van der Waals surface area contributed by atoms with Gasteiger partial charge in [-0.05, 0) is 37.7 Å². The topological polar surface area (TPSA) is 51.4 Å². The minimum Gasteiger partial charge on any atom is -0.481 e. The average Bonchev–Trinajstić information content (AvgIpc) is 2.46. The second-order valence-corrected chi connectivity index (χ2v) is 4.93. The summed E-state index contributed by atoms with van der Waals surface area (Å²) in [6.45, 7) is 2.92. The van der Waals surface area contributed by atoms with Gasteiger partial charge in [-0.3, -0.25) is 4.90 Å². The van der Waals surface area contributed by atoms with Crippen LogP contribution >= 0.6 is 0 Å². The van der Waals surface area contributed by atoms with E-state index < -0.39 is 0 Å². The molecule has 2 aromatic rings. The van der Waals surface area contributed by atoms with Gasteiger partial charge in [0.1, 0.15) is 0 Å². The average molecular weight is 271 g/mol. The first-order valence-corrected chi connectivity index (χ1v) is 6.65. The van der Waals surface area contributed by atoms with E-state index in [0.717, 1.165) is 17.9 Å². The van der Waals surface area contributed by atoms with E-state index in [2.05, 4.69) is 29.9 Å². The molecule has 106 valence electrons. The Morgan fingerprint density at radius 2 is 2.00 bits per heavy atom. The third kappa shape index (κ3) is 3.48. The smallest absolute Gasteiger partial charge is 0.213 e. The van der Waals surface area contributed by atoms with Crippen LogP contribution in [0.2, 0.25) is 0 Å². The quantitative estimate of drug-likeness (QED) is 0.850. The van der Waals surface area contributed by atoms with Crippen molar-refractivity contribution in [2.24, 2.45) is 0 Å². The number of nitrogens with zero attached hydrogens (tertiary/aromatic N) is 2. The Hall–Kier alpha value is -2.07. The Labute approximate surface area is 120 Å². The van der Waals surface area contributed by atoms with Crippen LogP contribution < -0.4 is 10.5 Å². The van der Waals surface area contributed by atoms with Crippen LogP contribution in [0.4, 0.5) is 5.69 Å². The summed E-state index contributed by atoms with van der Waals surface area (Å²) in [6, 6.07) is 14.1. The monoisotopic (exact) mass is 271 g/mol. The number of nitrogen functional groups attached to an aromatic ring is 1. The molecule has 0 fully saturated rings. The summed E-state index contributed by atoms with van der Waals surface area (Å²) < 4.78 is 5.15. The van der Waals surface area contributed by atoms with Crippen molar-refractivity contribution in [1.82, 2.24) is 9.88 Å². The van der Waals surface area contributed by atoms with Gasteiger partial charge in [-0.25, -0.2) is 4.98 Å². The number of pyridine rings is 1. The molecule has 0 aliphatic heterocycles. The minimum absolute atomic E-state index is 0.270. The summed E-state index contributed by atoms with van der Waals surface area (Å²) >= 11 is 0. The van der Waals surface area contributed by atoms with E-state index in [9.17, 15) is 0 Å². The fraction of sp³-hybridized carbons (Fsp3) is 0.312. The van der Waals surface area contributed by atoms with Crippen LogP contribution in [0.25, 0.3) is 0 Å². The minimum atomic E-state index is 0.270. The first-order valence-electron chi connectivity index (χ1n) is 6.65. The van der Waals surface area contributed by atoms with Gasteiger partial charge in [0.05, 0.1) is 12.8 Å². The zero-order valence-electron chi connectivity index (χ0n) is 12.2. The number of methoxy groups -OCH3 is 1. The number of aromatic nitrogens is 1. The molecular formula is C16H21N3O. The molecule has 4 heteroatoms. The predicted octanol–water partition coefficient (Wildman–Crippen LogP) is 2.87. The van der Waals surface area contributed by atoms with E-state index >= 15 is 0 Å². The summed E-state index contributed by atoms with van der Waals surface area (Å²) in [5, 5.41) is 0. The standard InChI is InChI=1S/C16H21N3O/c1-12(13-6-4-7-14(17)10-13)19(2)11-15-8-5-9-16(18-15)20-3/h4-10,12H,11,17H2,1-3H3. The number of benzene rings is 1. The molecule has 2 N–H and O–H groups in total. The Balaban J connectivity index is 2.09. The zero-order chi connectivity index (χ0) is 14.5. The zero-order valence-corrected chi connectivity index (χ0v) is 12.2. The van der Waals surface area contributed by atoms with Gasteiger partial charge in [-0.1, -0.05) is 18.2 Å². The maximum atomic E-state index is 5.84. The number of hydrogen-bond acceptors (Lipinski definition) is 4.